The Morgan fingerprint density at radius 1 is 0.389 bits per heavy atom. The van der Waals surface area contributed by atoms with Crippen LogP contribution in [0.4, 0.5) is 0 Å². The lowest BCUT2D eigenvalue weighted by molar-refractivity contribution is -0.167. The van der Waals surface area contributed by atoms with Gasteiger partial charge in [0.25, 0.3) is 0 Å². The molecule has 0 rings (SSSR count). The van der Waals surface area contributed by atoms with E-state index < -0.39 is 6.10 Å². The molecule has 54 heavy (non-hydrogen) atoms. The van der Waals surface area contributed by atoms with Crippen molar-refractivity contribution >= 4 is 17.9 Å². The van der Waals surface area contributed by atoms with Gasteiger partial charge in [0.15, 0.2) is 6.10 Å². The smallest absolute Gasteiger partial charge is 0.306 e. The van der Waals surface area contributed by atoms with Crippen LogP contribution in [0.25, 0.3) is 0 Å². The zero-order chi connectivity index (χ0) is 39.7. The van der Waals surface area contributed by atoms with Gasteiger partial charge in [0.1, 0.15) is 13.2 Å². The molecular weight excluding hydrogens is 673 g/mol. The maximum atomic E-state index is 12.5. The summed E-state index contributed by atoms with van der Waals surface area (Å²) in [5, 5.41) is 0. The molecule has 0 aromatic carbocycles. The molecule has 6 heteroatoms. The van der Waals surface area contributed by atoms with E-state index in [1.807, 2.05) is 0 Å². The number of hydrogen-bond donors (Lipinski definition) is 0. The van der Waals surface area contributed by atoms with Crippen molar-refractivity contribution in [2.24, 2.45) is 11.8 Å². The molecule has 0 heterocycles. The first-order valence-electron chi connectivity index (χ1n) is 23.8. The molecule has 0 aromatic heterocycles. The van der Waals surface area contributed by atoms with E-state index in [9.17, 15) is 14.4 Å². The molecule has 0 radical (unpaired) electrons. The third kappa shape index (κ3) is 40.1. The summed E-state index contributed by atoms with van der Waals surface area (Å²) in [6.45, 7) is 11.3. The normalized spacial score (nSPS) is 12.6. The van der Waals surface area contributed by atoms with Gasteiger partial charge in [-0.1, -0.05) is 221 Å². The first kappa shape index (κ1) is 52.4. The SMILES string of the molecule is CCCCCCCC(=O)O[C@H](COC(=O)CCCCCCCCCCCCCCCCCCCCC(C)C)COC(=O)CCCCCCCCC(C)CC. The van der Waals surface area contributed by atoms with Gasteiger partial charge < -0.3 is 14.2 Å². The lowest BCUT2D eigenvalue weighted by atomic mass is 10.00. The van der Waals surface area contributed by atoms with Gasteiger partial charge in [-0.15, -0.1) is 0 Å². The minimum atomic E-state index is -0.759. The monoisotopic (exact) mass is 765 g/mol. The molecule has 2 atom stereocenters. The number of rotatable bonds is 42. The van der Waals surface area contributed by atoms with Crippen LogP contribution in [0.5, 0.6) is 0 Å². The van der Waals surface area contributed by atoms with Gasteiger partial charge in [-0.3, -0.25) is 14.4 Å². The highest BCUT2D eigenvalue weighted by molar-refractivity contribution is 5.71. The van der Waals surface area contributed by atoms with Gasteiger partial charge in [-0.2, -0.15) is 0 Å². The second-order valence-electron chi connectivity index (χ2n) is 17.1. The first-order valence-corrected chi connectivity index (χ1v) is 23.8. The Labute approximate surface area is 336 Å². The van der Waals surface area contributed by atoms with Crippen LogP contribution in [-0.2, 0) is 28.6 Å². The van der Waals surface area contributed by atoms with E-state index in [4.69, 9.17) is 14.2 Å². The van der Waals surface area contributed by atoms with Gasteiger partial charge in [-0.05, 0) is 31.1 Å². The van der Waals surface area contributed by atoms with Gasteiger partial charge in [0, 0.05) is 19.3 Å². The number of carbonyl (C=O) groups is 3. The summed E-state index contributed by atoms with van der Waals surface area (Å²) in [7, 11) is 0. The van der Waals surface area contributed by atoms with E-state index in [0.717, 1.165) is 76.0 Å². The second kappa shape index (κ2) is 41.1. The van der Waals surface area contributed by atoms with E-state index in [0.29, 0.717) is 19.3 Å². The Bertz CT molecular complexity index is 826. The van der Waals surface area contributed by atoms with E-state index in [1.165, 1.54) is 141 Å². The van der Waals surface area contributed by atoms with Crippen molar-refractivity contribution in [2.45, 2.75) is 265 Å². The molecule has 6 nitrogen and oxygen atoms in total. The predicted octanol–water partition coefficient (Wildman–Crippen LogP) is 15.0. The van der Waals surface area contributed by atoms with E-state index in [-0.39, 0.29) is 31.1 Å². The van der Waals surface area contributed by atoms with E-state index in [2.05, 4.69) is 34.6 Å². The second-order valence-corrected chi connectivity index (χ2v) is 17.1. The van der Waals surface area contributed by atoms with Crippen molar-refractivity contribution in [1.29, 1.82) is 0 Å². The van der Waals surface area contributed by atoms with Gasteiger partial charge in [0.05, 0.1) is 0 Å². The zero-order valence-electron chi connectivity index (χ0n) is 36.8. The molecule has 0 aliphatic rings. The summed E-state index contributed by atoms with van der Waals surface area (Å²) < 4.78 is 16.6. The molecule has 0 amide bonds. The average molecular weight is 765 g/mol. The third-order valence-corrected chi connectivity index (χ3v) is 11.1. The largest absolute Gasteiger partial charge is 0.462 e. The quantitative estimate of drug-likeness (QED) is 0.0350. The summed E-state index contributed by atoms with van der Waals surface area (Å²) in [4.78, 5) is 37.4. The molecule has 0 aromatic rings. The van der Waals surface area contributed by atoms with Gasteiger partial charge >= 0.3 is 17.9 Å². The Morgan fingerprint density at radius 2 is 0.704 bits per heavy atom. The summed E-state index contributed by atoms with van der Waals surface area (Å²) >= 11 is 0. The molecule has 1 unspecified atom stereocenters. The van der Waals surface area contributed by atoms with Crippen LogP contribution in [0.3, 0.4) is 0 Å². The topological polar surface area (TPSA) is 78.9 Å². The van der Waals surface area contributed by atoms with Crippen molar-refractivity contribution in [3.05, 3.63) is 0 Å². The number of carbonyl (C=O) groups excluding carboxylic acids is 3. The minimum Gasteiger partial charge on any atom is -0.462 e. The van der Waals surface area contributed by atoms with E-state index >= 15 is 0 Å². The summed E-state index contributed by atoms with van der Waals surface area (Å²) in [5.41, 5.74) is 0. The standard InChI is InChI=1S/C48H92O6/c1-6-8-9-26-35-40-48(51)54-45(42-53-47(50)39-34-30-25-24-28-32-37-44(5)7-2)41-52-46(49)38-33-29-23-21-19-17-15-13-11-10-12-14-16-18-20-22-27-31-36-43(3)4/h43-45H,6-42H2,1-5H3/t44?,45-/m1/s1. The lowest BCUT2D eigenvalue weighted by Gasteiger charge is -2.18. The fourth-order valence-electron chi connectivity index (χ4n) is 7.07. The molecule has 0 N–H and O–H groups in total. The van der Waals surface area contributed by atoms with Crippen LogP contribution in [0.2, 0.25) is 0 Å². The fraction of sp³-hybridized carbons (Fsp3) is 0.938. The van der Waals surface area contributed by atoms with Crippen LogP contribution in [0.1, 0.15) is 259 Å². The molecule has 0 saturated heterocycles. The highest BCUT2D eigenvalue weighted by Crippen LogP contribution is 2.17. The maximum Gasteiger partial charge on any atom is 0.306 e. The third-order valence-electron chi connectivity index (χ3n) is 11.1. The van der Waals surface area contributed by atoms with Crippen molar-refractivity contribution in [2.75, 3.05) is 13.2 Å². The Kier molecular flexibility index (Phi) is 39.8. The lowest BCUT2D eigenvalue weighted by Crippen LogP contribution is -2.30. The summed E-state index contributed by atoms with van der Waals surface area (Å²) in [5.74, 6) is 0.801. The average Bonchev–Trinajstić information content (AvgIpc) is 3.15. The number of hydrogen-bond acceptors (Lipinski definition) is 6. The summed E-state index contributed by atoms with van der Waals surface area (Å²) in [6, 6.07) is 0. The number of ether oxygens (including phenoxy) is 3. The van der Waals surface area contributed by atoms with Gasteiger partial charge in [-0.25, -0.2) is 0 Å². The Morgan fingerprint density at radius 3 is 1.06 bits per heavy atom. The van der Waals surface area contributed by atoms with Crippen LogP contribution in [0, 0.1) is 11.8 Å². The van der Waals surface area contributed by atoms with Crippen molar-refractivity contribution in [3.8, 4) is 0 Å². The maximum absolute atomic E-state index is 12.5. The van der Waals surface area contributed by atoms with Crippen LogP contribution >= 0.6 is 0 Å². The van der Waals surface area contributed by atoms with Crippen LogP contribution in [-0.4, -0.2) is 37.2 Å². The molecule has 0 spiro atoms. The predicted molar refractivity (Wildman–Crippen MR) is 229 cm³/mol. The van der Waals surface area contributed by atoms with Crippen LogP contribution < -0.4 is 0 Å². The first-order chi connectivity index (χ1) is 26.3. The van der Waals surface area contributed by atoms with Crippen LogP contribution in [0.15, 0.2) is 0 Å². The number of esters is 3. The van der Waals surface area contributed by atoms with E-state index in [1.54, 1.807) is 0 Å². The molecule has 0 fully saturated rings. The molecule has 0 saturated carbocycles. The zero-order valence-corrected chi connectivity index (χ0v) is 36.8. The Hall–Kier alpha value is -1.59. The Balaban J connectivity index is 4.02. The summed E-state index contributed by atoms with van der Waals surface area (Å²) in [6.07, 6.45) is 39.9. The van der Waals surface area contributed by atoms with Gasteiger partial charge in [0.2, 0.25) is 0 Å². The molecule has 0 aliphatic carbocycles. The fourth-order valence-corrected chi connectivity index (χ4v) is 7.07. The highest BCUT2D eigenvalue weighted by Gasteiger charge is 2.19. The molecule has 0 bridgehead atoms. The minimum absolute atomic E-state index is 0.0665. The molecule has 0 aliphatic heterocycles. The highest BCUT2D eigenvalue weighted by atomic mass is 16.6. The van der Waals surface area contributed by atoms with Crippen molar-refractivity contribution in [3.63, 3.8) is 0 Å². The molecule has 320 valence electrons. The van der Waals surface area contributed by atoms with Crippen molar-refractivity contribution in [1.82, 2.24) is 0 Å². The molecular formula is C48H92O6. The number of unbranched alkanes of at least 4 members (excludes halogenated alkanes) is 26. The van der Waals surface area contributed by atoms with Crippen molar-refractivity contribution < 1.29 is 28.6 Å².